The molecule has 2 aromatic rings. The molecule has 0 saturated carbocycles. The van der Waals surface area contributed by atoms with E-state index < -0.39 is 0 Å². The summed E-state index contributed by atoms with van der Waals surface area (Å²) in [6, 6.07) is 18.0. The van der Waals surface area contributed by atoms with Gasteiger partial charge in [-0.25, -0.2) is 0 Å². The highest BCUT2D eigenvalue weighted by atomic mass is 32.2. The van der Waals surface area contributed by atoms with Crippen LogP contribution in [-0.2, 0) is 4.79 Å². The number of benzene rings is 2. The molecule has 0 spiro atoms. The fourth-order valence-corrected chi connectivity index (χ4v) is 2.84. The normalized spacial score (nSPS) is 12.2. The molecule has 21 heavy (non-hydrogen) atoms. The summed E-state index contributed by atoms with van der Waals surface area (Å²) in [5.41, 5.74) is 2.13. The van der Waals surface area contributed by atoms with E-state index in [0.29, 0.717) is 5.92 Å². The number of rotatable bonds is 5. The maximum atomic E-state index is 12.2. The van der Waals surface area contributed by atoms with Crippen LogP contribution in [0.15, 0.2) is 59.5 Å². The average Bonchev–Trinajstić information content (AvgIpc) is 2.48. The predicted molar refractivity (Wildman–Crippen MR) is 90.9 cm³/mol. The Labute approximate surface area is 131 Å². The van der Waals surface area contributed by atoms with Crippen molar-refractivity contribution in [1.82, 2.24) is 0 Å². The molecule has 3 heteroatoms. The minimum Gasteiger partial charge on any atom is -0.325 e. The lowest BCUT2D eigenvalue weighted by atomic mass is 10.0. The molecule has 0 saturated heterocycles. The molecule has 0 radical (unpaired) electrons. The summed E-state index contributed by atoms with van der Waals surface area (Å²) in [5, 5.41) is 2.84. The Morgan fingerprint density at radius 2 is 1.57 bits per heavy atom. The molecule has 1 atom stereocenters. The van der Waals surface area contributed by atoms with Crippen molar-refractivity contribution in [2.45, 2.75) is 36.8 Å². The molecule has 1 amide bonds. The van der Waals surface area contributed by atoms with Gasteiger partial charge in [-0.3, -0.25) is 4.79 Å². The monoisotopic (exact) mass is 299 g/mol. The third-order valence-corrected chi connectivity index (χ3v) is 4.38. The molecule has 0 bridgehead atoms. The van der Waals surface area contributed by atoms with Gasteiger partial charge in [0.05, 0.1) is 5.25 Å². The predicted octanol–water partition coefficient (Wildman–Crippen LogP) is 4.93. The van der Waals surface area contributed by atoms with Crippen LogP contribution in [0, 0.1) is 0 Å². The van der Waals surface area contributed by atoms with E-state index in [-0.39, 0.29) is 11.2 Å². The van der Waals surface area contributed by atoms with E-state index in [1.165, 1.54) is 5.56 Å². The Morgan fingerprint density at radius 1 is 0.952 bits per heavy atom. The van der Waals surface area contributed by atoms with Gasteiger partial charge in [0.2, 0.25) is 5.91 Å². The minimum absolute atomic E-state index is 0.0288. The third kappa shape index (κ3) is 4.64. The van der Waals surface area contributed by atoms with Crippen LogP contribution >= 0.6 is 11.8 Å². The van der Waals surface area contributed by atoms with Crippen LogP contribution in [-0.4, -0.2) is 11.2 Å². The molecule has 2 rings (SSSR count). The van der Waals surface area contributed by atoms with Gasteiger partial charge < -0.3 is 5.32 Å². The largest absolute Gasteiger partial charge is 0.325 e. The zero-order valence-corrected chi connectivity index (χ0v) is 13.5. The van der Waals surface area contributed by atoms with Gasteiger partial charge in [-0.1, -0.05) is 44.2 Å². The molecular weight excluding hydrogens is 278 g/mol. The van der Waals surface area contributed by atoms with Gasteiger partial charge in [-0.2, -0.15) is 0 Å². The number of nitrogens with one attached hydrogen (secondary N) is 1. The standard InChI is InChI=1S/C18H21NOS/c1-13(2)15-9-11-16(12-10-15)19-18(20)14(3)21-17-7-5-4-6-8-17/h4-14H,1-3H3,(H,19,20). The summed E-state index contributed by atoms with van der Waals surface area (Å²) in [5.74, 6) is 0.531. The van der Waals surface area contributed by atoms with Crippen LogP contribution in [0.1, 0.15) is 32.3 Å². The van der Waals surface area contributed by atoms with Crippen LogP contribution in [0.5, 0.6) is 0 Å². The lowest BCUT2D eigenvalue weighted by Gasteiger charge is -2.13. The second-order valence-electron chi connectivity index (χ2n) is 5.34. The van der Waals surface area contributed by atoms with E-state index in [9.17, 15) is 4.79 Å². The van der Waals surface area contributed by atoms with Crippen molar-refractivity contribution in [3.05, 3.63) is 60.2 Å². The molecule has 0 aliphatic carbocycles. The molecule has 2 nitrogen and oxygen atoms in total. The van der Waals surface area contributed by atoms with E-state index in [1.54, 1.807) is 11.8 Å². The van der Waals surface area contributed by atoms with Gasteiger partial charge in [-0.15, -0.1) is 11.8 Å². The number of thioether (sulfide) groups is 1. The summed E-state index contributed by atoms with van der Waals surface area (Å²) in [6.45, 7) is 6.24. The van der Waals surface area contributed by atoms with Crippen LogP contribution in [0.2, 0.25) is 0 Å². The molecule has 0 aliphatic heterocycles. The number of carbonyl (C=O) groups excluding carboxylic acids is 1. The highest BCUT2D eigenvalue weighted by Gasteiger charge is 2.14. The number of hydrogen-bond donors (Lipinski definition) is 1. The van der Waals surface area contributed by atoms with E-state index in [0.717, 1.165) is 10.6 Å². The first-order valence-corrected chi connectivity index (χ1v) is 8.07. The highest BCUT2D eigenvalue weighted by molar-refractivity contribution is 8.00. The molecule has 0 fully saturated rings. The maximum Gasteiger partial charge on any atom is 0.237 e. The topological polar surface area (TPSA) is 29.1 Å². The van der Waals surface area contributed by atoms with Crippen LogP contribution in [0.4, 0.5) is 5.69 Å². The SMILES string of the molecule is CC(Sc1ccccc1)C(=O)Nc1ccc(C(C)C)cc1. The Balaban J connectivity index is 1.94. The number of hydrogen-bond acceptors (Lipinski definition) is 2. The van der Waals surface area contributed by atoms with Gasteiger partial charge >= 0.3 is 0 Å². The van der Waals surface area contributed by atoms with E-state index >= 15 is 0 Å². The number of carbonyl (C=O) groups is 1. The van der Waals surface area contributed by atoms with Crippen molar-refractivity contribution < 1.29 is 4.79 Å². The first kappa shape index (κ1) is 15.6. The van der Waals surface area contributed by atoms with Crippen molar-refractivity contribution in [1.29, 1.82) is 0 Å². The number of amides is 1. The zero-order chi connectivity index (χ0) is 15.2. The average molecular weight is 299 g/mol. The van der Waals surface area contributed by atoms with Gasteiger partial charge in [-0.05, 0) is 42.7 Å². The summed E-state index contributed by atoms with van der Waals surface area (Å²) in [4.78, 5) is 13.3. The quantitative estimate of drug-likeness (QED) is 0.793. The lowest BCUT2D eigenvalue weighted by molar-refractivity contribution is -0.115. The van der Waals surface area contributed by atoms with E-state index in [4.69, 9.17) is 0 Å². The summed E-state index contributed by atoms with van der Waals surface area (Å²) < 4.78 is 0. The maximum absolute atomic E-state index is 12.2. The number of anilines is 1. The van der Waals surface area contributed by atoms with Crippen molar-refractivity contribution in [2.24, 2.45) is 0 Å². The molecular formula is C18H21NOS. The Kier molecular flexibility index (Phi) is 5.45. The fourth-order valence-electron chi connectivity index (χ4n) is 1.95. The second-order valence-corrected chi connectivity index (χ2v) is 6.75. The van der Waals surface area contributed by atoms with Gasteiger partial charge in [0.15, 0.2) is 0 Å². The molecule has 0 aliphatic rings. The minimum atomic E-state index is -0.128. The van der Waals surface area contributed by atoms with Gasteiger partial charge in [0.25, 0.3) is 0 Å². The van der Waals surface area contributed by atoms with Crippen molar-refractivity contribution in [3.63, 3.8) is 0 Å². The van der Waals surface area contributed by atoms with Crippen molar-refractivity contribution >= 4 is 23.4 Å². The van der Waals surface area contributed by atoms with Crippen molar-refractivity contribution in [2.75, 3.05) is 5.32 Å². The highest BCUT2D eigenvalue weighted by Crippen LogP contribution is 2.24. The van der Waals surface area contributed by atoms with Crippen molar-refractivity contribution in [3.8, 4) is 0 Å². The van der Waals surface area contributed by atoms with Crippen LogP contribution in [0.25, 0.3) is 0 Å². The molecule has 2 aromatic carbocycles. The lowest BCUT2D eigenvalue weighted by Crippen LogP contribution is -2.22. The third-order valence-electron chi connectivity index (χ3n) is 3.27. The van der Waals surface area contributed by atoms with Crippen LogP contribution < -0.4 is 5.32 Å². The van der Waals surface area contributed by atoms with Gasteiger partial charge in [0.1, 0.15) is 0 Å². The van der Waals surface area contributed by atoms with Crippen LogP contribution in [0.3, 0.4) is 0 Å². The smallest absolute Gasteiger partial charge is 0.237 e. The zero-order valence-electron chi connectivity index (χ0n) is 12.7. The molecule has 0 aromatic heterocycles. The molecule has 1 N–H and O–H groups in total. The summed E-state index contributed by atoms with van der Waals surface area (Å²) in [6.07, 6.45) is 0. The van der Waals surface area contributed by atoms with E-state index in [1.807, 2.05) is 49.4 Å². The molecule has 1 unspecified atom stereocenters. The second kappa shape index (κ2) is 7.32. The Hall–Kier alpha value is -1.74. The summed E-state index contributed by atoms with van der Waals surface area (Å²) >= 11 is 1.57. The molecule has 110 valence electrons. The first-order valence-electron chi connectivity index (χ1n) is 7.19. The Morgan fingerprint density at radius 3 is 2.14 bits per heavy atom. The van der Waals surface area contributed by atoms with Gasteiger partial charge in [0, 0.05) is 10.6 Å². The Bertz CT molecular complexity index is 578. The molecule has 0 heterocycles. The first-order chi connectivity index (χ1) is 10.1. The fraction of sp³-hybridized carbons (Fsp3) is 0.278. The van der Waals surface area contributed by atoms with E-state index in [2.05, 4.69) is 31.3 Å². The summed E-state index contributed by atoms with van der Waals surface area (Å²) in [7, 11) is 0.